The van der Waals surface area contributed by atoms with Crippen LogP contribution in [0.15, 0.2) is 48.1 Å². The second-order valence-corrected chi connectivity index (χ2v) is 4.81. The van der Waals surface area contributed by atoms with Crippen molar-refractivity contribution in [1.29, 1.82) is 0 Å². The number of hydrogen-bond donors (Lipinski definition) is 2. The molecule has 2 nitrogen and oxygen atoms in total. The van der Waals surface area contributed by atoms with E-state index in [9.17, 15) is 0 Å². The van der Waals surface area contributed by atoms with Gasteiger partial charge in [0.05, 0.1) is 5.54 Å². The van der Waals surface area contributed by atoms with E-state index in [1.165, 1.54) is 5.57 Å². The third kappa shape index (κ3) is 2.70. The van der Waals surface area contributed by atoms with Crippen LogP contribution in [0.4, 0.5) is 11.4 Å². The van der Waals surface area contributed by atoms with Crippen molar-refractivity contribution in [3.63, 3.8) is 0 Å². The third-order valence-corrected chi connectivity index (χ3v) is 3.33. The molecule has 90 valence electrons. The molecule has 1 aliphatic carbocycles. The lowest BCUT2D eigenvalue weighted by Crippen LogP contribution is -2.36. The van der Waals surface area contributed by atoms with Gasteiger partial charge in [0, 0.05) is 11.4 Å². The monoisotopic (exact) mass is 228 g/mol. The number of allylic oxidation sites excluding steroid dienone is 2. The van der Waals surface area contributed by atoms with E-state index in [1.807, 2.05) is 24.3 Å². The Bertz CT molecular complexity index is 442. The Kier molecular flexibility index (Phi) is 3.23. The fraction of sp³-hybridized carbons (Fsp3) is 0.333. The molecule has 3 N–H and O–H groups in total. The molecule has 2 heteroatoms. The summed E-state index contributed by atoms with van der Waals surface area (Å²) < 4.78 is 0. The average molecular weight is 228 g/mol. The molecule has 1 aromatic carbocycles. The van der Waals surface area contributed by atoms with E-state index < -0.39 is 0 Å². The molecular formula is C15H20N2. The van der Waals surface area contributed by atoms with Crippen molar-refractivity contribution < 1.29 is 0 Å². The zero-order valence-corrected chi connectivity index (χ0v) is 10.5. The predicted octanol–water partition coefficient (Wildman–Crippen LogP) is 3.74. The zero-order valence-electron chi connectivity index (χ0n) is 10.5. The van der Waals surface area contributed by atoms with E-state index in [4.69, 9.17) is 5.73 Å². The van der Waals surface area contributed by atoms with Gasteiger partial charge in [0.25, 0.3) is 0 Å². The van der Waals surface area contributed by atoms with Gasteiger partial charge in [-0.3, -0.25) is 0 Å². The largest absolute Gasteiger partial charge is 0.399 e. The summed E-state index contributed by atoms with van der Waals surface area (Å²) in [4.78, 5) is 0. The third-order valence-electron chi connectivity index (χ3n) is 3.33. The first-order valence-electron chi connectivity index (χ1n) is 6.12. The van der Waals surface area contributed by atoms with E-state index >= 15 is 0 Å². The molecule has 0 saturated carbocycles. The summed E-state index contributed by atoms with van der Waals surface area (Å²) in [5, 5.41) is 3.62. The SMILES string of the molecule is CCC1(Nc2ccc(N)cc2)C=CC=C(C)C1. The summed E-state index contributed by atoms with van der Waals surface area (Å²) in [7, 11) is 0. The maximum absolute atomic E-state index is 5.70. The van der Waals surface area contributed by atoms with Crippen LogP contribution in [0.2, 0.25) is 0 Å². The van der Waals surface area contributed by atoms with Gasteiger partial charge in [-0.2, -0.15) is 0 Å². The van der Waals surface area contributed by atoms with Gasteiger partial charge in [0.15, 0.2) is 0 Å². The predicted molar refractivity (Wildman–Crippen MR) is 75.0 cm³/mol. The maximum atomic E-state index is 5.70. The van der Waals surface area contributed by atoms with Crippen LogP contribution in [0, 0.1) is 0 Å². The number of anilines is 2. The molecule has 0 aromatic heterocycles. The fourth-order valence-corrected chi connectivity index (χ4v) is 2.28. The molecule has 0 aliphatic heterocycles. The topological polar surface area (TPSA) is 38.0 Å². The van der Waals surface area contributed by atoms with Gasteiger partial charge in [-0.15, -0.1) is 0 Å². The summed E-state index contributed by atoms with van der Waals surface area (Å²) in [6.45, 7) is 4.39. The van der Waals surface area contributed by atoms with E-state index in [1.54, 1.807) is 0 Å². The lowest BCUT2D eigenvalue weighted by Gasteiger charge is -2.34. The van der Waals surface area contributed by atoms with Gasteiger partial charge >= 0.3 is 0 Å². The summed E-state index contributed by atoms with van der Waals surface area (Å²) in [6, 6.07) is 7.93. The van der Waals surface area contributed by atoms with Crippen LogP contribution in [-0.2, 0) is 0 Å². The minimum absolute atomic E-state index is 0.0505. The molecule has 0 fully saturated rings. The van der Waals surface area contributed by atoms with Crippen LogP contribution in [0.25, 0.3) is 0 Å². The lowest BCUT2D eigenvalue weighted by molar-refractivity contribution is 0.543. The van der Waals surface area contributed by atoms with Crippen molar-refractivity contribution in [3.8, 4) is 0 Å². The first kappa shape index (κ1) is 11.8. The second kappa shape index (κ2) is 4.66. The van der Waals surface area contributed by atoms with E-state index in [-0.39, 0.29) is 5.54 Å². The highest BCUT2D eigenvalue weighted by Gasteiger charge is 2.26. The highest BCUT2D eigenvalue weighted by atomic mass is 15.0. The first-order valence-corrected chi connectivity index (χ1v) is 6.12. The van der Waals surface area contributed by atoms with Gasteiger partial charge in [-0.05, 0) is 44.0 Å². The van der Waals surface area contributed by atoms with Crippen molar-refractivity contribution in [2.24, 2.45) is 0 Å². The Hall–Kier alpha value is -1.70. The zero-order chi connectivity index (χ0) is 12.3. The van der Waals surface area contributed by atoms with Gasteiger partial charge in [-0.25, -0.2) is 0 Å². The number of nitrogens with two attached hydrogens (primary N) is 1. The van der Waals surface area contributed by atoms with Gasteiger partial charge in [-0.1, -0.05) is 30.7 Å². The molecule has 1 atom stereocenters. The molecular weight excluding hydrogens is 208 g/mol. The number of hydrogen-bond acceptors (Lipinski definition) is 2. The quantitative estimate of drug-likeness (QED) is 0.773. The van der Waals surface area contributed by atoms with Crippen LogP contribution in [0.1, 0.15) is 26.7 Å². The first-order chi connectivity index (χ1) is 8.13. The van der Waals surface area contributed by atoms with Crippen molar-refractivity contribution in [2.45, 2.75) is 32.2 Å². The van der Waals surface area contributed by atoms with Gasteiger partial charge < -0.3 is 11.1 Å². The molecule has 2 rings (SSSR count). The summed E-state index contributed by atoms with van der Waals surface area (Å²) >= 11 is 0. The van der Waals surface area contributed by atoms with Crippen molar-refractivity contribution in [2.75, 3.05) is 11.1 Å². The molecule has 0 spiro atoms. The Morgan fingerprint density at radius 2 is 2.00 bits per heavy atom. The number of rotatable bonds is 3. The molecule has 0 heterocycles. The lowest BCUT2D eigenvalue weighted by atomic mass is 9.84. The smallest absolute Gasteiger partial charge is 0.0593 e. The Labute approximate surface area is 103 Å². The van der Waals surface area contributed by atoms with E-state index in [0.717, 1.165) is 24.2 Å². The van der Waals surface area contributed by atoms with Crippen LogP contribution < -0.4 is 11.1 Å². The summed E-state index contributed by atoms with van der Waals surface area (Å²) in [5.41, 5.74) is 9.09. The minimum atomic E-state index is 0.0505. The normalized spacial score (nSPS) is 23.3. The van der Waals surface area contributed by atoms with E-state index in [2.05, 4.69) is 37.4 Å². The Morgan fingerprint density at radius 1 is 1.29 bits per heavy atom. The maximum Gasteiger partial charge on any atom is 0.0593 e. The molecule has 17 heavy (non-hydrogen) atoms. The summed E-state index contributed by atoms with van der Waals surface area (Å²) in [5.74, 6) is 0. The highest BCUT2D eigenvalue weighted by molar-refractivity contribution is 5.54. The second-order valence-electron chi connectivity index (χ2n) is 4.81. The van der Waals surface area contributed by atoms with Crippen LogP contribution in [0.3, 0.4) is 0 Å². The molecule has 1 aliphatic rings. The molecule has 0 amide bonds. The van der Waals surface area contributed by atoms with Crippen molar-refractivity contribution in [3.05, 3.63) is 48.1 Å². The van der Waals surface area contributed by atoms with Crippen LogP contribution in [-0.4, -0.2) is 5.54 Å². The van der Waals surface area contributed by atoms with Gasteiger partial charge in [0.1, 0.15) is 0 Å². The molecule has 1 aromatic rings. The summed E-state index contributed by atoms with van der Waals surface area (Å²) in [6.07, 6.45) is 8.71. The number of nitrogen functional groups attached to an aromatic ring is 1. The van der Waals surface area contributed by atoms with Crippen LogP contribution >= 0.6 is 0 Å². The molecule has 0 radical (unpaired) electrons. The number of nitrogens with one attached hydrogen (secondary N) is 1. The van der Waals surface area contributed by atoms with Crippen LogP contribution in [0.5, 0.6) is 0 Å². The number of benzene rings is 1. The fourth-order valence-electron chi connectivity index (χ4n) is 2.28. The Morgan fingerprint density at radius 3 is 2.59 bits per heavy atom. The van der Waals surface area contributed by atoms with Crippen molar-refractivity contribution >= 4 is 11.4 Å². The Balaban J connectivity index is 2.18. The van der Waals surface area contributed by atoms with E-state index in [0.29, 0.717) is 0 Å². The molecule has 0 bridgehead atoms. The minimum Gasteiger partial charge on any atom is -0.399 e. The molecule has 1 unspecified atom stereocenters. The molecule has 0 saturated heterocycles. The highest BCUT2D eigenvalue weighted by Crippen LogP contribution is 2.30. The standard InChI is InChI=1S/C15H20N2/c1-3-15(10-4-5-12(2)11-15)17-14-8-6-13(16)7-9-14/h4-10,17H,3,11,16H2,1-2H3. The van der Waals surface area contributed by atoms with Crippen molar-refractivity contribution in [1.82, 2.24) is 0 Å². The van der Waals surface area contributed by atoms with Gasteiger partial charge in [0.2, 0.25) is 0 Å². The average Bonchev–Trinajstić information content (AvgIpc) is 2.32.